The van der Waals surface area contributed by atoms with Gasteiger partial charge in [-0.25, -0.2) is 9.78 Å². The second kappa shape index (κ2) is 10.1. The van der Waals surface area contributed by atoms with E-state index in [4.69, 9.17) is 9.47 Å². The summed E-state index contributed by atoms with van der Waals surface area (Å²) in [5, 5.41) is 9.61. The fraction of sp³-hybridized carbons (Fsp3) is 0.391. The first kappa shape index (κ1) is 25.0. The van der Waals surface area contributed by atoms with Crippen molar-refractivity contribution in [2.24, 2.45) is 0 Å². The van der Waals surface area contributed by atoms with Crippen LogP contribution in [-0.4, -0.2) is 39.4 Å². The Hall–Kier alpha value is -2.59. The van der Waals surface area contributed by atoms with E-state index in [1.54, 1.807) is 50.2 Å². The van der Waals surface area contributed by atoms with Crippen molar-refractivity contribution in [3.05, 3.63) is 58.3 Å². The summed E-state index contributed by atoms with van der Waals surface area (Å²) in [6, 6.07) is 11.6. The van der Waals surface area contributed by atoms with Gasteiger partial charge in [0, 0.05) is 17.5 Å². The first-order valence-corrected chi connectivity index (χ1v) is 11.2. The molecule has 10 heteroatoms. The summed E-state index contributed by atoms with van der Waals surface area (Å²) in [6.07, 6.45) is -4.09. The normalized spacial score (nSPS) is 13.8. The minimum absolute atomic E-state index is 0.00306. The monoisotopic (exact) mass is 528 g/mol. The molecule has 0 aliphatic carbocycles. The lowest BCUT2D eigenvalue weighted by Gasteiger charge is -2.28. The number of rotatable bonds is 10. The highest BCUT2D eigenvalue weighted by Crippen LogP contribution is 2.32. The summed E-state index contributed by atoms with van der Waals surface area (Å²) in [4.78, 5) is 15.5. The van der Waals surface area contributed by atoms with E-state index in [9.17, 15) is 23.1 Å². The molecule has 2 aromatic carbocycles. The van der Waals surface area contributed by atoms with Crippen LogP contribution < -0.4 is 4.74 Å². The molecule has 0 saturated heterocycles. The lowest BCUT2D eigenvalue weighted by atomic mass is 9.91. The number of aromatic nitrogens is 2. The summed E-state index contributed by atoms with van der Waals surface area (Å²) < 4.78 is 53.3. The van der Waals surface area contributed by atoms with Gasteiger partial charge in [0.05, 0.1) is 17.6 Å². The Bertz CT molecular complexity index is 1120. The van der Waals surface area contributed by atoms with Gasteiger partial charge < -0.3 is 19.1 Å². The number of hydrogen-bond acceptors (Lipinski definition) is 4. The van der Waals surface area contributed by atoms with E-state index in [0.29, 0.717) is 22.2 Å². The van der Waals surface area contributed by atoms with Crippen LogP contribution in [0.25, 0.3) is 11.0 Å². The van der Waals surface area contributed by atoms with Crippen LogP contribution in [0.1, 0.15) is 31.7 Å². The molecular weight excluding hydrogens is 505 g/mol. The van der Waals surface area contributed by atoms with Gasteiger partial charge >= 0.3 is 12.1 Å². The number of nitrogens with zero attached hydrogens (tertiary/aromatic N) is 2. The predicted molar refractivity (Wildman–Crippen MR) is 120 cm³/mol. The second-order valence-corrected chi connectivity index (χ2v) is 8.39. The maximum atomic E-state index is 13.5. The molecule has 0 radical (unpaired) electrons. The quantitative estimate of drug-likeness (QED) is 0.365. The van der Waals surface area contributed by atoms with Gasteiger partial charge in [-0.15, -0.1) is 0 Å². The van der Waals surface area contributed by atoms with Crippen molar-refractivity contribution < 1.29 is 32.5 Å². The third kappa shape index (κ3) is 5.67. The van der Waals surface area contributed by atoms with Crippen molar-refractivity contribution in [3.8, 4) is 5.75 Å². The number of hydrogen-bond donors (Lipinski definition) is 1. The van der Waals surface area contributed by atoms with Crippen LogP contribution in [0.15, 0.2) is 46.9 Å². The van der Waals surface area contributed by atoms with Gasteiger partial charge in [0.1, 0.15) is 12.4 Å². The second-order valence-electron chi connectivity index (χ2n) is 7.47. The summed E-state index contributed by atoms with van der Waals surface area (Å²) in [5.74, 6) is -1.53. The number of carboxylic acids is 1. The third-order valence-electron chi connectivity index (χ3n) is 5.34. The van der Waals surface area contributed by atoms with E-state index in [-0.39, 0.29) is 31.7 Å². The number of carbonyl (C=O) groups is 1. The number of ether oxygens (including phenoxy) is 2. The summed E-state index contributed by atoms with van der Waals surface area (Å²) in [5.41, 5.74) is 0.0616. The average molecular weight is 529 g/mol. The lowest BCUT2D eigenvalue weighted by Crippen LogP contribution is -2.43. The first-order valence-electron chi connectivity index (χ1n) is 10.4. The number of benzene rings is 2. The molecule has 1 heterocycles. The number of halogens is 4. The molecule has 0 aliphatic rings. The number of fused-ring (bicyclic) bond motifs is 1. The van der Waals surface area contributed by atoms with Crippen molar-refractivity contribution in [3.63, 3.8) is 0 Å². The molecule has 33 heavy (non-hydrogen) atoms. The van der Waals surface area contributed by atoms with Crippen molar-refractivity contribution >= 4 is 32.9 Å². The van der Waals surface area contributed by atoms with E-state index in [1.165, 1.54) is 6.07 Å². The fourth-order valence-corrected chi connectivity index (χ4v) is 4.03. The highest BCUT2D eigenvalue weighted by atomic mass is 79.9. The molecule has 178 valence electrons. The van der Waals surface area contributed by atoms with E-state index in [2.05, 4.69) is 20.9 Å². The van der Waals surface area contributed by atoms with Crippen LogP contribution in [0.3, 0.4) is 0 Å². The molecule has 0 aliphatic heterocycles. The Morgan fingerprint density at radius 3 is 2.42 bits per heavy atom. The smallest absolute Gasteiger partial charge is 0.449 e. The molecule has 1 N–H and O–H groups in total. The Morgan fingerprint density at radius 1 is 1.15 bits per heavy atom. The van der Waals surface area contributed by atoms with Gasteiger partial charge in [0.15, 0.2) is 5.60 Å². The van der Waals surface area contributed by atoms with Crippen LogP contribution in [0.2, 0.25) is 0 Å². The third-order valence-corrected chi connectivity index (χ3v) is 5.84. The van der Waals surface area contributed by atoms with Gasteiger partial charge in [-0.05, 0) is 49.2 Å². The molecule has 0 amide bonds. The molecule has 3 rings (SSSR count). The van der Waals surface area contributed by atoms with E-state index in [1.807, 2.05) is 0 Å². The van der Waals surface area contributed by atoms with Crippen molar-refractivity contribution in [2.45, 2.75) is 45.0 Å². The maximum Gasteiger partial charge on any atom is 0.449 e. The van der Waals surface area contributed by atoms with Crippen molar-refractivity contribution in [2.75, 3.05) is 13.2 Å². The minimum atomic E-state index is -4.59. The maximum absolute atomic E-state index is 13.5. The zero-order chi connectivity index (χ0) is 24.2. The van der Waals surface area contributed by atoms with Crippen molar-refractivity contribution in [1.82, 2.24) is 9.55 Å². The molecule has 0 bridgehead atoms. The molecule has 0 saturated carbocycles. The lowest BCUT2D eigenvalue weighted by molar-refractivity contribution is -0.166. The van der Waals surface area contributed by atoms with Gasteiger partial charge in [-0.3, -0.25) is 0 Å². The zero-order valence-electron chi connectivity index (χ0n) is 18.2. The SMILES string of the molecule is CCOC(CC)(Cc1ccc(OCCn2c(C(F)(F)F)nc3cc(Br)ccc32)cc1)C(=O)O. The van der Waals surface area contributed by atoms with Gasteiger partial charge in [-0.2, -0.15) is 13.2 Å². The standard InChI is InChI=1S/C23H24BrF3N2O4/c1-3-22(21(30)31,33-4-2)14-15-5-8-17(9-6-15)32-12-11-29-19-10-7-16(24)13-18(19)28-20(29)23(25,26)27/h5-10,13H,3-4,11-12,14H2,1-2H3,(H,30,31). The number of imidazole rings is 1. The average Bonchev–Trinajstić information content (AvgIpc) is 3.12. The highest BCUT2D eigenvalue weighted by Gasteiger charge is 2.38. The summed E-state index contributed by atoms with van der Waals surface area (Å²) >= 11 is 3.25. The summed E-state index contributed by atoms with van der Waals surface area (Å²) in [7, 11) is 0. The van der Waals surface area contributed by atoms with Crippen LogP contribution in [0.4, 0.5) is 13.2 Å². The molecule has 6 nitrogen and oxygen atoms in total. The number of aliphatic carboxylic acids is 1. The Morgan fingerprint density at radius 2 is 1.85 bits per heavy atom. The Balaban J connectivity index is 1.71. The largest absolute Gasteiger partial charge is 0.492 e. The molecule has 3 aromatic rings. The number of alkyl halides is 3. The zero-order valence-corrected chi connectivity index (χ0v) is 19.7. The molecular formula is C23H24BrF3N2O4. The van der Waals surface area contributed by atoms with E-state index < -0.39 is 23.6 Å². The van der Waals surface area contributed by atoms with Crippen LogP contribution in [0.5, 0.6) is 5.75 Å². The minimum Gasteiger partial charge on any atom is -0.492 e. The van der Waals surface area contributed by atoms with Crippen LogP contribution >= 0.6 is 15.9 Å². The van der Waals surface area contributed by atoms with Gasteiger partial charge in [0.2, 0.25) is 5.82 Å². The molecule has 0 spiro atoms. The molecule has 1 atom stereocenters. The number of carboxylic acid groups (broad SMARTS) is 1. The fourth-order valence-electron chi connectivity index (χ4n) is 3.68. The summed E-state index contributed by atoms with van der Waals surface area (Å²) in [6.45, 7) is 3.74. The molecule has 0 fully saturated rings. The van der Waals surface area contributed by atoms with Gasteiger partial charge in [-0.1, -0.05) is 35.0 Å². The topological polar surface area (TPSA) is 73.6 Å². The molecule has 1 unspecified atom stereocenters. The van der Waals surface area contributed by atoms with Gasteiger partial charge in [0.25, 0.3) is 0 Å². The van der Waals surface area contributed by atoms with Crippen LogP contribution in [0, 0.1) is 0 Å². The molecule has 1 aromatic heterocycles. The Kier molecular flexibility index (Phi) is 7.69. The van der Waals surface area contributed by atoms with Crippen LogP contribution in [-0.2, 0) is 28.7 Å². The first-order chi connectivity index (χ1) is 15.6. The van der Waals surface area contributed by atoms with E-state index in [0.717, 1.165) is 10.1 Å². The Labute approximate surface area is 197 Å². The van der Waals surface area contributed by atoms with Crippen molar-refractivity contribution in [1.29, 1.82) is 0 Å². The predicted octanol–water partition coefficient (Wildman–Crippen LogP) is 5.71. The van der Waals surface area contributed by atoms with E-state index >= 15 is 0 Å². The highest BCUT2D eigenvalue weighted by molar-refractivity contribution is 9.10.